The van der Waals surface area contributed by atoms with Crippen molar-refractivity contribution >= 4 is 17.7 Å². The highest BCUT2D eigenvalue weighted by Crippen LogP contribution is 2.31. The maximum atomic E-state index is 11.5. The minimum atomic E-state index is -1.94. The second kappa shape index (κ2) is 9.38. The molecule has 2 unspecified atom stereocenters. The van der Waals surface area contributed by atoms with Crippen LogP contribution in [-0.4, -0.2) is 51.4 Å². The van der Waals surface area contributed by atoms with Gasteiger partial charge in [0, 0.05) is 12.0 Å². The summed E-state index contributed by atoms with van der Waals surface area (Å²) in [6.07, 6.45) is 3.55. The van der Waals surface area contributed by atoms with Gasteiger partial charge in [0.1, 0.15) is 24.2 Å². The highest BCUT2D eigenvalue weighted by Gasteiger charge is 2.37. The summed E-state index contributed by atoms with van der Waals surface area (Å²) in [5.74, 6) is -3.04. The zero-order valence-electron chi connectivity index (χ0n) is 16.3. The monoisotopic (exact) mass is 404 g/mol. The van der Waals surface area contributed by atoms with E-state index in [1.54, 1.807) is 13.0 Å². The number of Topliss-reactive ketones (excluding diaryl/α,β-unsaturated/α-hetero) is 1. The van der Waals surface area contributed by atoms with E-state index in [0.29, 0.717) is 23.5 Å². The number of aliphatic hydroxyl groups is 1. The maximum Gasteiger partial charge on any atom is 0.377 e. The SMILES string of the molecule is CCCC1=C(OC(C)COc2cccc(C(=O)C(=O)O)c2)C=CC(O)(C(=O)O)C1. The fourth-order valence-corrected chi connectivity index (χ4v) is 2.90. The molecule has 0 amide bonds. The quantitative estimate of drug-likeness (QED) is 0.401. The summed E-state index contributed by atoms with van der Waals surface area (Å²) in [7, 11) is 0. The predicted molar refractivity (Wildman–Crippen MR) is 103 cm³/mol. The van der Waals surface area contributed by atoms with Crippen molar-refractivity contribution in [2.45, 2.75) is 44.8 Å². The Balaban J connectivity index is 2.03. The van der Waals surface area contributed by atoms with Gasteiger partial charge in [-0.1, -0.05) is 25.5 Å². The molecule has 1 aromatic carbocycles. The third kappa shape index (κ3) is 5.68. The lowest BCUT2D eigenvalue weighted by molar-refractivity contribution is -0.153. The van der Waals surface area contributed by atoms with E-state index in [2.05, 4.69) is 0 Å². The molecular weight excluding hydrogens is 380 g/mol. The minimum absolute atomic E-state index is 0.0136. The van der Waals surface area contributed by atoms with Crippen LogP contribution in [0.3, 0.4) is 0 Å². The molecule has 1 aliphatic rings. The molecule has 0 saturated carbocycles. The van der Waals surface area contributed by atoms with Crippen LogP contribution in [0.5, 0.6) is 5.75 Å². The van der Waals surface area contributed by atoms with Crippen LogP contribution >= 0.6 is 0 Å². The van der Waals surface area contributed by atoms with E-state index in [1.165, 1.54) is 30.4 Å². The molecule has 0 heterocycles. The summed E-state index contributed by atoms with van der Waals surface area (Å²) in [6.45, 7) is 3.82. The average Bonchev–Trinajstić information content (AvgIpc) is 2.68. The summed E-state index contributed by atoms with van der Waals surface area (Å²) in [6, 6.07) is 5.86. The number of allylic oxidation sites excluding steroid dienone is 1. The van der Waals surface area contributed by atoms with Gasteiger partial charge >= 0.3 is 11.9 Å². The first-order valence-electron chi connectivity index (χ1n) is 9.20. The number of ketones is 1. The molecule has 2 rings (SSSR count). The fourth-order valence-electron chi connectivity index (χ4n) is 2.90. The number of carboxylic acids is 2. The first-order chi connectivity index (χ1) is 13.7. The Labute approximate surface area is 168 Å². The van der Waals surface area contributed by atoms with Crippen molar-refractivity contribution in [3.8, 4) is 5.75 Å². The van der Waals surface area contributed by atoms with Crippen molar-refractivity contribution in [1.29, 1.82) is 0 Å². The Morgan fingerprint density at radius 3 is 2.59 bits per heavy atom. The van der Waals surface area contributed by atoms with E-state index in [1.807, 2.05) is 6.92 Å². The van der Waals surface area contributed by atoms with Crippen LogP contribution in [0, 0.1) is 0 Å². The van der Waals surface area contributed by atoms with Gasteiger partial charge in [-0.15, -0.1) is 0 Å². The van der Waals surface area contributed by atoms with Crippen LogP contribution in [0.25, 0.3) is 0 Å². The van der Waals surface area contributed by atoms with Crippen LogP contribution in [-0.2, 0) is 14.3 Å². The molecule has 156 valence electrons. The summed E-state index contributed by atoms with van der Waals surface area (Å²) in [5.41, 5.74) is -1.21. The van der Waals surface area contributed by atoms with Crippen molar-refractivity contribution in [1.82, 2.24) is 0 Å². The standard InChI is InChI=1S/C21H24O8/c1-3-5-15-11-21(27,20(25)26)9-8-17(15)29-13(2)12-28-16-7-4-6-14(10-16)18(22)19(23)24/h4,6-10,13,27H,3,5,11-12H2,1-2H3,(H,23,24)(H,25,26). The number of hydrogen-bond donors (Lipinski definition) is 3. The van der Waals surface area contributed by atoms with Gasteiger partial charge in [-0.05, 0) is 43.2 Å². The number of benzene rings is 1. The molecular formula is C21H24O8. The summed E-state index contributed by atoms with van der Waals surface area (Å²) in [4.78, 5) is 33.6. The highest BCUT2D eigenvalue weighted by molar-refractivity contribution is 6.39. The Morgan fingerprint density at radius 2 is 1.97 bits per heavy atom. The molecule has 0 saturated heterocycles. The highest BCUT2D eigenvalue weighted by atomic mass is 16.5. The number of rotatable bonds is 10. The van der Waals surface area contributed by atoms with Crippen molar-refractivity contribution in [3.05, 3.63) is 53.3 Å². The molecule has 0 spiro atoms. The predicted octanol–water partition coefficient (Wildman–Crippen LogP) is 2.57. The van der Waals surface area contributed by atoms with Crippen molar-refractivity contribution in [2.24, 2.45) is 0 Å². The Bertz CT molecular complexity index is 854. The second-order valence-electron chi connectivity index (χ2n) is 6.86. The molecule has 0 radical (unpaired) electrons. The molecule has 2 atom stereocenters. The molecule has 1 aliphatic carbocycles. The molecule has 8 heteroatoms. The lowest BCUT2D eigenvalue weighted by Gasteiger charge is -2.28. The van der Waals surface area contributed by atoms with E-state index >= 15 is 0 Å². The van der Waals surface area contributed by atoms with Gasteiger partial charge in [-0.25, -0.2) is 9.59 Å². The van der Waals surface area contributed by atoms with E-state index in [4.69, 9.17) is 14.6 Å². The van der Waals surface area contributed by atoms with Crippen molar-refractivity contribution in [3.63, 3.8) is 0 Å². The van der Waals surface area contributed by atoms with Gasteiger partial charge in [0.25, 0.3) is 5.78 Å². The minimum Gasteiger partial charge on any atom is -0.490 e. The van der Waals surface area contributed by atoms with Gasteiger partial charge in [0.15, 0.2) is 5.60 Å². The number of hydrogen-bond acceptors (Lipinski definition) is 6. The summed E-state index contributed by atoms with van der Waals surface area (Å²) >= 11 is 0. The first kappa shape index (κ1) is 22.2. The van der Waals surface area contributed by atoms with Crippen LogP contribution in [0.15, 0.2) is 47.7 Å². The largest absolute Gasteiger partial charge is 0.490 e. The molecule has 29 heavy (non-hydrogen) atoms. The summed E-state index contributed by atoms with van der Waals surface area (Å²) < 4.78 is 11.5. The molecule has 0 aliphatic heterocycles. The first-order valence-corrected chi connectivity index (χ1v) is 9.20. The third-order valence-corrected chi connectivity index (χ3v) is 4.37. The number of carbonyl (C=O) groups is 3. The second-order valence-corrected chi connectivity index (χ2v) is 6.86. The van der Waals surface area contributed by atoms with E-state index in [0.717, 1.165) is 6.42 Å². The van der Waals surface area contributed by atoms with E-state index in [9.17, 15) is 24.6 Å². The van der Waals surface area contributed by atoms with E-state index in [-0.39, 0.29) is 18.6 Å². The molecule has 1 aromatic rings. The Hall–Kier alpha value is -3.13. The van der Waals surface area contributed by atoms with E-state index < -0.39 is 29.4 Å². The lowest BCUT2D eigenvalue weighted by atomic mass is 9.87. The zero-order chi connectivity index (χ0) is 21.6. The van der Waals surface area contributed by atoms with Gasteiger partial charge in [-0.3, -0.25) is 4.79 Å². The van der Waals surface area contributed by atoms with Crippen molar-refractivity contribution < 1.29 is 39.2 Å². The molecule has 3 N–H and O–H groups in total. The molecule has 0 aromatic heterocycles. The Morgan fingerprint density at radius 1 is 1.24 bits per heavy atom. The van der Waals surface area contributed by atoms with Gasteiger partial charge in [0.2, 0.25) is 0 Å². The third-order valence-electron chi connectivity index (χ3n) is 4.37. The number of carboxylic acid groups (broad SMARTS) is 2. The fraction of sp³-hybridized carbons (Fsp3) is 0.381. The molecule has 0 fully saturated rings. The van der Waals surface area contributed by atoms with Crippen molar-refractivity contribution in [2.75, 3.05) is 6.61 Å². The molecule has 0 bridgehead atoms. The van der Waals surface area contributed by atoms with Gasteiger partial charge in [0.05, 0.1) is 0 Å². The molecule has 8 nitrogen and oxygen atoms in total. The van der Waals surface area contributed by atoms with Crippen LogP contribution in [0.1, 0.15) is 43.5 Å². The van der Waals surface area contributed by atoms with Crippen LogP contribution in [0.4, 0.5) is 0 Å². The van der Waals surface area contributed by atoms with Crippen LogP contribution in [0.2, 0.25) is 0 Å². The number of ether oxygens (including phenoxy) is 2. The average molecular weight is 404 g/mol. The smallest absolute Gasteiger partial charge is 0.377 e. The van der Waals surface area contributed by atoms with Gasteiger partial charge in [-0.2, -0.15) is 0 Å². The van der Waals surface area contributed by atoms with Crippen LogP contribution < -0.4 is 4.74 Å². The maximum absolute atomic E-state index is 11.5. The number of aliphatic carboxylic acids is 2. The zero-order valence-corrected chi connectivity index (χ0v) is 16.3. The lowest BCUT2D eigenvalue weighted by Crippen LogP contribution is -2.38. The summed E-state index contributed by atoms with van der Waals surface area (Å²) in [5, 5.41) is 28.2. The Kier molecular flexibility index (Phi) is 7.17. The number of carbonyl (C=O) groups excluding carboxylic acids is 1. The van der Waals surface area contributed by atoms with Gasteiger partial charge < -0.3 is 24.8 Å². The normalized spacial score (nSPS) is 19.6. The topological polar surface area (TPSA) is 130 Å².